The van der Waals surface area contributed by atoms with Crippen LogP contribution in [0.2, 0.25) is 0 Å². The SMILES string of the molecule is CN1CCC[C@@H](Nc2nnc(-c3ccc(C(F)(F)F)cc3-c3cnn(C)c3)c3ccncc23)C1. The molecule has 0 unspecified atom stereocenters. The first-order chi connectivity index (χ1) is 16.3. The molecule has 1 atom stereocenters. The molecule has 4 heterocycles. The zero-order valence-corrected chi connectivity index (χ0v) is 18.8. The molecule has 0 saturated carbocycles. The van der Waals surface area contributed by atoms with Crippen molar-refractivity contribution >= 4 is 16.6 Å². The van der Waals surface area contributed by atoms with Crippen molar-refractivity contribution in [3.05, 3.63) is 54.6 Å². The van der Waals surface area contributed by atoms with Crippen molar-refractivity contribution in [1.29, 1.82) is 0 Å². The Bertz CT molecular complexity index is 1330. The highest BCUT2D eigenvalue weighted by Crippen LogP contribution is 2.39. The molecule has 4 aromatic rings. The van der Waals surface area contributed by atoms with E-state index in [9.17, 15) is 13.2 Å². The number of halogens is 3. The Kier molecular flexibility index (Phi) is 5.68. The van der Waals surface area contributed by atoms with Crippen molar-refractivity contribution in [3.63, 3.8) is 0 Å². The second-order valence-corrected chi connectivity index (χ2v) is 8.73. The monoisotopic (exact) mass is 467 g/mol. The van der Waals surface area contributed by atoms with Crippen LogP contribution in [0.4, 0.5) is 19.0 Å². The van der Waals surface area contributed by atoms with Gasteiger partial charge in [-0.3, -0.25) is 9.67 Å². The second-order valence-electron chi connectivity index (χ2n) is 8.73. The van der Waals surface area contributed by atoms with E-state index in [1.54, 1.807) is 36.5 Å². The van der Waals surface area contributed by atoms with Crippen LogP contribution in [0.3, 0.4) is 0 Å². The van der Waals surface area contributed by atoms with Crippen LogP contribution in [0.5, 0.6) is 0 Å². The quantitative estimate of drug-likeness (QED) is 0.472. The fourth-order valence-electron chi connectivity index (χ4n) is 4.51. The maximum Gasteiger partial charge on any atom is 0.416 e. The third-order valence-corrected chi connectivity index (χ3v) is 6.16. The lowest BCUT2D eigenvalue weighted by atomic mass is 9.95. The van der Waals surface area contributed by atoms with E-state index in [4.69, 9.17) is 0 Å². The summed E-state index contributed by atoms with van der Waals surface area (Å²) in [5.41, 5.74) is 1.28. The summed E-state index contributed by atoms with van der Waals surface area (Å²) in [6.45, 7) is 1.96. The summed E-state index contributed by atoms with van der Waals surface area (Å²) in [5, 5.41) is 18.1. The number of alkyl halides is 3. The van der Waals surface area contributed by atoms with Gasteiger partial charge in [0.15, 0.2) is 5.82 Å². The lowest BCUT2D eigenvalue weighted by molar-refractivity contribution is -0.137. The van der Waals surface area contributed by atoms with Gasteiger partial charge < -0.3 is 10.2 Å². The summed E-state index contributed by atoms with van der Waals surface area (Å²) in [5.74, 6) is 0.627. The third-order valence-electron chi connectivity index (χ3n) is 6.16. The van der Waals surface area contributed by atoms with Crippen molar-refractivity contribution in [2.24, 2.45) is 7.05 Å². The number of aromatic nitrogens is 5. The standard InChI is InChI=1S/C24H24F3N7/c1-33-9-3-4-17(14-33)30-23-21-12-28-8-7-19(21)22(31-32-23)18-6-5-16(24(25,26)27)10-20(18)15-11-29-34(2)13-15/h5-8,10-13,17H,3-4,9,14H2,1-2H3,(H,30,32)/t17-/m1/s1. The first kappa shape index (κ1) is 22.3. The van der Waals surface area contributed by atoms with Crippen LogP contribution in [0.15, 0.2) is 49.1 Å². The molecule has 176 valence electrons. The van der Waals surface area contributed by atoms with Crippen LogP contribution >= 0.6 is 0 Å². The van der Waals surface area contributed by atoms with E-state index >= 15 is 0 Å². The molecule has 0 amide bonds. The summed E-state index contributed by atoms with van der Waals surface area (Å²) in [7, 11) is 3.81. The smallest absolute Gasteiger partial charge is 0.364 e. The lowest BCUT2D eigenvalue weighted by Crippen LogP contribution is -2.40. The molecule has 0 radical (unpaired) electrons. The van der Waals surface area contributed by atoms with Crippen LogP contribution in [-0.2, 0) is 13.2 Å². The summed E-state index contributed by atoms with van der Waals surface area (Å²) < 4.78 is 42.1. The molecule has 10 heteroatoms. The Balaban J connectivity index is 1.63. The topological polar surface area (TPSA) is 71.8 Å². The molecule has 7 nitrogen and oxygen atoms in total. The molecule has 1 aliphatic rings. The first-order valence-electron chi connectivity index (χ1n) is 11.1. The van der Waals surface area contributed by atoms with Crippen molar-refractivity contribution in [1.82, 2.24) is 29.9 Å². The number of rotatable bonds is 4. The van der Waals surface area contributed by atoms with Crippen LogP contribution in [0.1, 0.15) is 18.4 Å². The number of anilines is 1. The highest BCUT2D eigenvalue weighted by molar-refractivity contribution is 6.02. The molecule has 1 N–H and O–H groups in total. The maximum atomic E-state index is 13.5. The lowest BCUT2D eigenvalue weighted by Gasteiger charge is -2.30. The van der Waals surface area contributed by atoms with Crippen molar-refractivity contribution in [2.75, 3.05) is 25.5 Å². The van der Waals surface area contributed by atoms with Crippen molar-refractivity contribution in [2.45, 2.75) is 25.1 Å². The molecule has 0 bridgehead atoms. The molecule has 1 fully saturated rings. The number of hydrogen-bond acceptors (Lipinski definition) is 6. The minimum Gasteiger partial charge on any atom is -0.364 e. The number of nitrogens with zero attached hydrogens (tertiary/aromatic N) is 6. The molecule has 3 aromatic heterocycles. The van der Waals surface area contributed by atoms with Gasteiger partial charge in [-0.25, -0.2) is 0 Å². The largest absolute Gasteiger partial charge is 0.416 e. The zero-order chi connectivity index (χ0) is 23.9. The Morgan fingerprint density at radius 3 is 2.62 bits per heavy atom. The molecule has 1 aliphatic heterocycles. The Morgan fingerprint density at radius 2 is 1.88 bits per heavy atom. The van der Waals surface area contributed by atoms with Gasteiger partial charge in [0.05, 0.1) is 11.8 Å². The maximum absolute atomic E-state index is 13.5. The van der Waals surface area contributed by atoms with E-state index in [1.807, 2.05) is 6.07 Å². The summed E-state index contributed by atoms with van der Waals surface area (Å²) >= 11 is 0. The molecular formula is C24H24F3N7. The van der Waals surface area contributed by atoms with Gasteiger partial charge in [0, 0.05) is 60.1 Å². The van der Waals surface area contributed by atoms with Crippen molar-refractivity contribution in [3.8, 4) is 22.4 Å². The van der Waals surface area contributed by atoms with E-state index < -0.39 is 11.7 Å². The number of nitrogens with one attached hydrogen (secondary N) is 1. The van der Waals surface area contributed by atoms with Gasteiger partial charge in [0.1, 0.15) is 5.69 Å². The minimum absolute atomic E-state index is 0.235. The van der Waals surface area contributed by atoms with Gasteiger partial charge in [-0.2, -0.15) is 18.3 Å². The van der Waals surface area contributed by atoms with Gasteiger partial charge in [0.2, 0.25) is 0 Å². The minimum atomic E-state index is -4.46. The van der Waals surface area contributed by atoms with E-state index in [0.29, 0.717) is 28.2 Å². The Hall–Kier alpha value is -3.53. The van der Waals surface area contributed by atoms with Crippen LogP contribution < -0.4 is 5.32 Å². The molecular weight excluding hydrogens is 443 g/mol. The average molecular weight is 467 g/mol. The molecule has 34 heavy (non-hydrogen) atoms. The average Bonchev–Trinajstić information content (AvgIpc) is 3.24. The Labute approximate surface area is 194 Å². The number of benzene rings is 1. The summed E-state index contributed by atoms with van der Waals surface area (Å²) in [4.78, 5) is 6.54. The van der Waals surface area contributed by atoms with Crippen LogP contribution in [0.25, 0.3) is 33.2 Å². The predicted octanol–water partition coefficient (Wildman–Crippen LogP) is 4.62. The van der Waals surface area contributed by atoms with Gasteiger partial charge in [-0.15, -0.1) is 10.2 Å². The molecule has 5 rings (SSSR count). The fraction of sp³-hybridized carbons (Fsp3) is 0.333. The molecule has 1 aromatic carbocycles. The van der Waals surface area contributed by atoms with E-state index in [2.05, 4.69) is 37.5 Å². The number of likely N-dealkylation sites (N-methyl/N-ethyl adjacent to an activating group) is 1. The predicted molar refractivity (Wildman–Crippen MR) is 124 cm³/mol. The molecule has 0 spiro atoms. The summed E-state index contributed by atoms with van der Waals surface area (Å²) in [6, 6.07) is 5.73. The van der Waals surface area contributed by atoms with Gasteiger partial charge in [0.25, 0.3) is 0 Å². The van der Waals surface area contributed by atoms with Gasteiger partial charge in [-0.05, 0) is 50.2 Å². The number of aryl methyl sites for hydroxylation is 1. The highest BCUT2D eigenvalue weighted by Gasteiger charge is 2.32. The van der Waals surface area contributed by atoms with Gasteiger partial charge in [-0.1, -0.05) is 6.07 Å². The summed E-state index contributed by atoms with van der Waals surface area (Å²) in [6.07, 6.45) is 4.26. The van der Waals surface area contributed by atoms with E-state index in [-0.39, 0.29) is 6.04 Å². The van der Waals surface area contributed by atoms with Crippen LogP contribution in [0, 0.1) is 0 Å². The Morgan fingerprint density at radius 1 is 1.03 bits per heavy atom. The second kappa shape index (κ2) is 8.68. The number of piperidine rings is 1. The molecule has 1 saturated heterocycles. The highest BCUT2D eigenvalue weighted by atomic mass is 19.4. The van der Waals surface area contributed by atoms with E-state index in [1.165, 1.54) is 6.07 Å². The number of pyridine rings is 1. The molecule has 0 aliphatic carbocycles. The number of likely N-dealkylation sites (tertiary alicyclic amines) is 1. The zero-order valence-electron chi connectivity index (χ0n) is 18.8. The van der Waals surface area contributed by atoms with Crippen molar-refractivity contribution < 1.29 is 13.2 Å². The van der Waals surface area contributed by atoms with E-state index in [0.717, 1.165) is 48.8 Å². The number of fused-ring (bicyclic) bond motifs is 1. The normalized spacial score (nSPS) is 17.3. The third kappa shape index (κ3) is 4.33. The number of hydrogen-bond donors (Lipinski definition) is 1. The van der Waals surface area contributed by atoms with Gasteiger partial charge >= 0.3 is 6.18 Å². The fourth-order valence-corrected chi connectivity index (χ4v) is 4.51. The van der Waals surface area contributed by atoms with Crippen LogP contribution in [-0.4, -0.2) is 56.0 Å². The first-order valence-corrected chi connectivity index (χ1v) is 11.1.